The van der Waals surface area contributed by atoms with Gasteiger partial charge in [-0.25, -0.2) is 4.98 Å². The van der Waals surface area contributed by atoms with Gasteiger partial charge in [0.15, 0.2) is 6.10 Å². The van der Waals surface area contributed by atoms with Crippen molar-refractivity contribution in [1.82, 2.24) is 10.3 Å². The quantitative estimate of drug-likeness (QED) is 0.529. The highest BCUT2D eigenvalue weighted by Gasteiger charge is 2.18. The standard InChI is InChI=1S/C23H26N2O3S/c1-16(18-9-4-3-5-10-18)15-24-23(27)17(2)28-22(26)14-8-13-21-25-19-11-6-7-12-20(19)29-21/h3-7,9-12,16-17H,8,13-15H2,1-2H3,(H,24,27)/t16-,17-/m1/s1. The Labute approximate surface area is 175 Å². The van der Waals surface area contributed by atoms with E-state index in [1.54, 1.807) is 18.3 Å². The van der Waals surface area contributed by atoms with Gasteiger partial charge < -0.3 is 10.1 Å². The van der Waals surface area contributed by atoms with Crippen LogP contribution >= 0.6 is 11.3 Å². The average Bonchev–Trinajstić information content (AvgIpc) is 3.15. The van der Waals surface area contributed by atoms with E-state index in [0.29, 0.717) is 13.0 Å². The minimum Gasteiger partial charge on any atom is -0.453 e. The van der Waals surface area contributed by atoms with E-state index in [9.17, 15) is 9.59 Å². The number of benzene rings is 2. The van der Waals surface area contributed by atoms with Crippen LogP contribution in [0.1, 0.15) is 43.2 Å². The number of thiazole rings is 1. The zero-order chi connectivity index (χ0) is 20.6. The maximum absolute atomic E-state index is 12.2. The van der Waals surface area contributed by atoms with Gasteiger partial charge in [-0.2, -0.15) is 0 Å². The number of amides is 1. The van der Waals surface area contributed by atoms with Crippen LogP contribution in [-0.2, 0) is 20.7 Å². The number of rotatable bonds is 9. The number of aryl methyl sites for hydroxylation is 1. The first-order valence-corrected chi connectivity index (χ1v) is 10.7. The third kappa shape index (κ3) is 6.12. The molecule has 152 valence electrons. The van der Waals surface area contributed by atoms with E-state index < -0.39 is 6.10 Å². The summed E-state index contributed by atoms with van der Waals surface area (Å²) >= 11 is 1.65. The Balaban J connectivity index is 1.37. The lowest BCUT2D eigenvalue weighted by Gasteiger charge is -2.16. The van der Waals surface area contributed by atoms with Crippen LogP contribution in [0.4, 0.5) is 0 Å². The fourth-order valence-corrected chi connectivity index (χ4v) is 4.03. The van der Waals surface area contributed by atoms with Gasteiger partial charge in [-0.3, -0.25) is 9.59 Å². The zero-order valence-electron chi connectivity index (χ0n) is 16.8. The first-order chi connectivity index (χ1) is 14.0. The van der Waals surface area contributed by atoms with Gasteiger partial charge in [-0.15, -0.1) is 11.3 Å². The fraction of sp³-hybridized carbons (Fsp3) is 0.348. The third-order valence-electron chi connectivity index (χ3n) is 4.74. The summed E-state index contributed by atoms with van der Waals surface area (Å²) in [7, 11) is 0. The number of nitrogens with one attached hydrogen (secondary N) is 1. The van der Waals surface area contributed by atoms with Crippen molar-refractivity contribution in [2.75, 3.05) is 6.54 Å². The molecule has 0 saturated heterocycles. The smallest absolute Gasteiger partial charge is 0.306 e. The summed E-state index contributed by atoms with van der Waals surface area (Å²) < 4.78 is 6.43. The number of fused-ring (bicyclic) bond motifs is 1. The maximum atomic E-state index is 12.2. The van der Waals surface area contributed by atoms with E-state index in [2.05, 4.69) is 10.3 Å². The Hall–Kier alpha value is -2.73. The second-order valence-electron chi connectivity index (χ2n) is 7.12. The van der Waals surface area contributed by atoms with Crippen molar-refractivity contribution in [2.45, 2.75) is 45.1 Å². The lowest BCUT2D eigenvalue weighted by molar-refractivity contribution is -0.154. The molecule has 1 amide bonds. The van der Waals surface area contributed by atoms with E-state index >= 15 is 0 Å². The molecule has 0 unspecified atom stereocenters. The van der Waals surface area contributed by atoms with Gasteiger partial charge in [-0.1, -0.05) is 49.4 Å². The summed E-state index contributed by atoms with van der Waals surface area (Å²) in [4.78, 5) is 28.8. The summed E-state index contributed by atoms with van der Waals surface area (Å²) in [5, 5.41) is 3.87. The number of carbonyl (C=O) groups is 2. The zero-order valence-corrected chi connectivity index (χ0v) is 17.6. The van der Waals surface area contributed by atoms with Gasteiger partial charge in [0.1, 0.15) is 0 Å². The molecule has 0 saturated carbocycles. The van der Waals surface area contributed by atoms with Crippen LogP contribution in [0.25, 0.3) is 10.2 Å². The Morgan fingerprint density at radius 2 is 1.79 bits per heavy atom. The van der Waals surface area contributed by atoms with Crippen molar-refractivity contribution in [3.63, 3.8) is 0 Å². The average molecular weight is 411 g/mol. The van der Waals surface area contributed by atoms with Gasteiger partial charge in [0.2, 0.25) is 0 Å². The second-order valence-corrected chi connectivity index (χ2v) is 8.23. The fourth-order valence-electron chi connectivity index (χ4n) is 3.02. The number of carbonyl (C=O) groups excluding carboxylic acids is 2. The molecule has 2 aromatic carbocycles. The Morgan fingerprint density at radius 1 is 1.07 bits per heavy atom. The summed E-state index contributed by atoms with van der Waals surface area (Å²) in [6.07, 6.45) is 0.850. The number of para-hydroxylation sites is 1. The first-order valence-electron chi connectivity index (χ1n) is 9.89. The molecule has 2 atom stereocenters. The monoisotopic (exact) mass is 410 g/mol. The molecule has 0 bridgehead atoms. The highest BCUT2D eigenvalue weighted by atomic mass is 32.1. The van der Waals surface area contributed by atoms with Crippen molar-refractivity contribution in [2.24, 2.45) is 0 Å². The first kappa shape index (κ1) is 21.0. The molecule has 0 aliphatic heterocycles. The third-order valence-corrected chi connectivity index (χ3v) is 5.83. The molecule has 0 radical (unpaired) electrons. The molecule has 5 nitrogen and oxygen atoms in total. The Morgan fingerprint density at radius 3 is 2.55 bits per heavy atom. The lowest BCUT2D eigenvalue weighted by atomic mass is 10.0. The van der Waals surface area contributed by atoms with E-state index in [4.69, 9.17) is 4.74 Å². The Kier molecular flexibility index (Phi) is 7.36. The molecule has 29 heavy (non-hydrogen) atoms. The molecule has 1 heterocycles. The number of aromatic nitrogens is 1. The molecular formula is C23H26N2O3S. The van der Waals surface area contributed by atoms with Crippen LogP contribution in [0.3, 0.4) is 0 Å². The van der Waals surface area contributed by atoms with Crippen LogP contribution in [0.2, 0.25) is 0 Å². The molecule has 0 spiro atoms. The number of hydrogen-bond donors (Lipinski definition) is 1. The minimum atomic E-state index is -0.798. The topological polar surface area (TPSA) is 68.3 Å². The molecule has 6 heteroatoms. The number of hydrogen-bond acceptors (Lipinski definition) is 5. The number of nitrogens with zero attached hydrogens (tertiary/aromatic N) is 1. The molecule has 0 aliphatic rings. The predicted molar refractivity (Wildman–Crippen MR) is 116 cm³/mol. The summed E-state index contributed by atoms with van der Waals surface area (Å²) in [6, 6.07) is 18.0. The van der Waals surface area contributed by atoms with Gasteiger partial charge in [-0.05, 0) is 43.4 Å². The largest absolute Gasteiger partial charge is 0.453 e. The van der Waals surface area contributed by atoms with Crippen LogP contribution in [-0.4, -0.2) is 29.5 Å². The van der Waals surface area contributed by atoms with Crippen molar-refractivity contribution in [3.05, 3.63) is 65.2 Å². The van der Waals surface area contributed by atoms with Gasteiger partial charge in [0.25, 0.3) is 5.91 Å². The number of ether oxygens (including phenoxy) is 1. The Bertz CT molecular complexity index is 922. The normalized spacial score (nSPS) is 13.0. The van der Waals surface area contributed by atoms with E-state index in [0.717, 1.165) is 27.2 Å². The molecule has 1 N–H and O–H groups in total. The summed E-state index contributed by atoms with van der Waals surface area (Å²) in [5.74, 6) is -0.436. The second kappa shape index (κ2) is 10.2. The highest BCUT2D eigenvalue weighted by Crippen LogP contribution is 2.22. The van der Waals surface area contributed by atoms with Gasteiger partial charge in [0, 0.05) is 13.0 Å². The molecular weight excluding hydrogens is 384 g/mol. The van der Waals surface area contributed by atoms with Crippen molar-refractivity contribution >= 4 is 33.4 Å². The summed E-state index contributed by atoms with van der Waals surface area (Å²) in [6.45, 7) is 4.16. The van der Waals surface area contributed by atoms with E-state index in [1.807, 2.05) is 61.5 Å². The number of esters is 1. The SMILES string of the molecule is C[C@H](CNC(=O)[C@@H](C)OC(=O)CCCc1nc2ccccc2s1)c1ccccc1. The van der Waals surface area contributed by atoms with Crippen molar-refractivity contribution in [1.29, 1.82) is 0 Å². The van der Waals surface area contributed by atoms with Crippen LogP contribution in [0.15, 0.2) is 54.6 Å². The molecule has 3 rings (SSSR count). The predicted octanol–water partition coefficient (Wildman–Crippen LogP) is 4.47. The summed E-state index contributed by atoms with van der Waals surface area (Å²) in [5.41, 5.74) is 2.15. The minimum absolute atomic E-state index is 0.192. The van der Waals surface area contributed by atoms with E-state index in [1.165, 1.54) is 0 Å². The lowest BCUT2D eigenvalue weighted by Crippen LogP contribution is -2.37. The van der Waals surface area contributed by atoms with Crippen molar-refractivity contribution in [3.8, 4) is 0 Å². The van der Waals surface area contributed by atoms with Crippen LogP contribution < -0.4 is 5.32 Å². The van der Waals surface area contributed by atoms with Crippen molar-refractivity contribution < 1.29 is 14.3 Å². The molecule has 1 aromatic heterocycles. The van der Waals surface area contributed by atoms with E-state index in [-0.39, 0.29) is 24.2 Å². The maximum Gasteiger partial charge on any atom is 0.306 e. The van der Waals surface area contributed by atoms with Gasteiger partial charge in [0.05, 0.1) is 15.2 Å². The van der Waals surface area contributed by atoms with Crippen LogP contribution in [0, 0.1) is 0 Å². The van der Waals surface area contributed by atoms with Gasteiger partial charge >= 0.3 is 5.97 Å². The molecule has 0 fully saturated rings. The molecule has 3 aromatic rings. The van der Waals surface area contributed by atoms with Crippen LogP contribution in [0.5, 0.6) is 0 Å². The highest BCUT2D eigenvalue weighted by molar-refractivity contribution is 7.18. The molecule has 0 aliphatic carbocycles.